The molecule has 1 saturated carbocycles. The van der Waals surface area contributed by atoms with Crippen LogP contribution in [0.15, 0.2) is 0 Å². The molecule has 0 heterocycles. The summed E-state index contributed by atoms with van der Waals surface area (Å²) in [6.45, 7) is 2.64. The van der Waals surface area contributed by atoms with Crippen LogP contribution in [0.5, 0.6) is 0 Å². The Morgan fingerprint density at radius 2 is 1.87 bits per heavy atom. The Bertz CT molecular complexity index is 267. The van der Waals surface area contributed by atoms with Crippen molar-refractivity contribution in [3.63, 3.8) is 0 Å². The molecular weight excluding hydrogens is 196 g/mol. The van der Waals surface area contributed by atoms with E-state index in [1.54, 1.807) is 11.9 Å². The van der Waals surface area contributed by atoms with Gasteiger partial charge in [-0.05, 0) is 18.3 Å². The summed E-state index contributed by atoms with van der Waals surface area (Å²) in [7, 11) is 3.22. The molecule has 2 unspecified atom stereocenters. The molecule has 0 saturated heterocycles. The topological polar surface area (TPSA) is 60.9 Å². The van der Waals surface area contributed by atoms with E-state index in [2.05, 4.69) is 6.92 Å². The summed E-state index contributed by atoms with van der Waals surface area (Å²) in [5, 5.41) is 8.54. The van der Waals surface area contributed by atoms with Crippen LogP contribution in [0.1, 0.15) is 13.3 Å². The van der Waals surface area contributed by atoms with Gasteiger partial charge in [0.1, 0.15) is 6.54 Å². The molecule has 2 atom stereocenters. The molecule has 0 aliphatic heterocycles. The normalized spacial score (nSPS) is 23.4. The number of amides is 2. The molecule has 1 aliphatic rings. The van der Waals surface area contributed by atoms with Gasteiger partial charge in [-0.2, -0.15) is 0 Å². The van der Waals surface area contributed by atoms with Gasteiger partial charge in [-0.3, -0.25) is 4.79 Å². The van der Waals surface area contributed by atoms with Crippen molar-refractivity contribution >= 4 is 12.0 Å². The molecule has 0 aromatic carbocycles. The number of hydrogen-bond donors (Lipinski definition) is 1. The standard InChI is InChI=1S/C10H18N2O3/c1-7-4-8(7)5-11(2)10(15)12(3)6-9(13)14/h7-8H,4-6H2,1-3H3,(H,13,14). The summed E-state index contributed by atoms with van der Waals surface area (Å²) in [5.41, 5.74) is 0. The van der Waals surface area contributed by atoms with Gasteiger partial charge in [-0.15, -0.1) is 0 Å². The van der Waals surface area contributed by atoms with Crippen molar-refractivity contribution in [3.8, 4) is 0 Å². The first-order valence-corrected chi connectivity index (χ1v) is 5.09. The van der Waals surface area contributed by atoms with Crippen LogP contribution in [0.2, 0.25) is 0 Å². The van der Waals surface area contributed by atoms with E-state index in [0.29, 0.717) is 11.8 Å². The largest absolute Gasteiger partial charge is 0.480 e. The molecule has 0 bridgehead atoms. The molecule has 1 rings (SSSR count). The SMILES string of the molecule is CC1CC1CN(C)C(=O)N(C)CC(=O)O. The number of rotatable bonds is 4. The number of nitrogens with zero attached hydrogens (tertiary/aromatic N) is 2. The van der Waals surface area contributed by atoms with Crippen molar-refractivity contribution < 1.29 is 14.7 Å². The summed E-state index contributed by atoms with van der Waals surface area (Å²) in [4.78, 5) is 24.9. The highest BCUT2D eigenvalue weighted by atomic mass is 16.4. The zero-order valence-electron chi connectivity index (χ0n) is 9.43. The zero-order chi connectivity index (χ0) is 11.6. The molecular formula is C10H18N2O3. The number of carbonyl (C=O) groups is 2. The van der Waals surface area contributed by atoms with Crippen molar-refractivity contribution in [2.45, 2.75) is 13.3 Å². The molecule has 0 radical (unpaired) electrons. The van der Waals surface area contributed by atoms with Gasteiger partial charge >= 0.3 is 12.0 Å². The number of carbonyl (C=O) groups excluding carboxylic acids is 1. The van der Waals surface area contributed by atoms with Gasteiger partial charge in [-0.25, -0.2) is 4.79 Å². The smallest absolute Gasteiger partial charge is 0.323 e. The number of aliphatic carboxylic acids is 1. The maximum absolute atomic E-state index is 11.6. The van der Waals surface area contributed by atoms with Crippen molar-refractivity contribution in [2.24, 2.45) is 11.8 Å². The number of urea groups is 1. The van der Waals surface area contributed by atoms with Crippen LogP contribution in [-0.2, 0) is 4.79 Å². The van der Waals surface area contributed by atoms with Gasteiger partial charge in [0.15, 0.2) is 0 Å². The number of carboxylic acids is 1. The summed E-state index contributed by atoms with van der Waals surface area (Å²) >= 11 is 0. The van der Waals surface area contributed by atoms with Gasteiger partial charge in [0.25, 0.3) is 0 Å². The molecule has 5 heteroatoms. The Hall–Kier alpha value is -1.26. The minimum Gasteiger partial charge on any atom is -0.480 e. The van der Waals surface area contributed by atoms with E-state index in [-0.39, 0.29) is 12.6 Å². The second-order valence-corrected chi connectivity index (χ2v) is 4.39. The monoisotopic (exact) mass is 214 g/mol. The molecule has 15 heavy (non-hydrogen) atoms. The highest BCUT2D eigenvalue weighted by Crippen LogP contribution is 2.37. The zero-order valence-corrected chi connectivity index (χ0v) is 9.43. The van der Waals surface area contributed by atoms with E-state index in [9.17, 15) is 9.59 Å². The van der Waals surface area contributed by atoms with Crippen molar-refractivity contribution in [2.75, 3.05) is 27.2 Å². The van der Waals surface area contributed by atoms with E-state index in [1.807, 2.05) is 0 Å². The van der Waals surface area contributed by atoms with E-state index in [1.165, 1.54) is 18.4 Å². The first-order chi connectivity index (χ1) is 6.91. The Labute approximate surface area is 89.7 Å². The highest BCUT2D eigenvalue weighted by molar-refractivity contribution is 5.79. The fourth-order valence-electron chi connectivity index (χ4n) is 1.65. The van der Waals surface area contributed by atoms with E-state index < -0.39 is 5.97 Å². The van der Waals surface area contributed by atoms with Crippen molar-refractivity contribution in [3.05, 3.63) is 0 Å². The first-order valence-electron chi connectivity index (χ1n) is 5.09. The quantitative estimate of drug-likeness (QED) is 0.749. The van der Waals surface area contributed by atoms with Gasteiger partial charge in [0.05, 0.1) is 0 Å². The van der Waals surface area contributed by atoms with Gasteiger partial charge in [0.2, 0.25) is 0 Å². The molecule has 0 aromatic heterocycles. The Balaban J connectivity index is 2.34. The van der Waals surface area contributed by atoms with E-state index >= 15 is 0 Å². The molecule has 0 aromatic rings. The second kappa shape index (κ2) is 4.51. The predicted molar refractivity (Wildman–Crippen MR) is 55.6 cm³/mol. The van der Waals surface area contributed by atoms with Crippen LogP contribution < -0.4 is 0 Å². The predicted octanol–water partition coefficient (Wildman–Crippen LogP) is 0.711. The number of carboxylic acid groups (broad SMARTS) is 1. The Kier molecular flexibility index (Phi) is 3.55. The van der Waals surface area contributed by atoms with E-state index in [0.717, 1.165) is 6.54 Å². The van der Waals surface area contributed by atoms with Crippen LogP contribution in [0.25, 0.3) is 0 Å². The average molecular weight is 214 g/mol. The third kappa shape index (κ3) is 3.42. The first kappa shape index (κ1) is 11.8. The minimum atomic E-state index is -0.987. The van der Waals surface area contributed by atoms with Crippen molar-refractivity contribution in [1.82, 2.24) is 9.80 Å². The van der Waals surface area contributed by atoms with Gasteiger partial charge < -0.3 is 14.9 Å². The van der Waals surface area contributed by atoms with Gasteiger partial charge in [0, 0.05) is 20.6 Å². The van der Waals surface area contributed by atoms with Crippen LogP contribution >= 0.6 is 0 Å². The lowest BCUT2D eigenvalue weighted by Crippen LogP contribution is -2.42. The fourth-order valence-corrected chi connectivity index (χ4v) is 1.65. The molecule has 1 aliphatic carbocycles. The maximum Gasteiger partial charge on any atom is 0.323 e. The minimum absolute atomic E-state index is 0.225. The molecule has 2 amide bonds. The lowest BCUT2D eigenvalue weighted by molar-refractivity contribution is -0.137. The second-order valence-electron chi connectivity index (χ2n) is 4.39. The third-order valence-corrected chi connectivity index (χ3v) is 2.81. The molecule has 0 spiro atoms. The molecule has 86 valence electrons. The van der Waals surface area contributed by atoms with Crippen LogP contribution in [-0.4, -0.2) is 54.1 Å². The summed E-state index contributed by atoms with van der Waals surface area (Å²) in [6.07, 6.45) is 1.17. The Morgan fingerprint density at radius 3 is 2.27 bits per heavy atom. The molecule has 1 fully saturated rings. The maximum atomic E-state index is 11.6. The summed E-state index contributed by atoms with van der Waals surface area (Å²) in [5.74, 6) is 0.307. The summed E-state index contributed by atoms with van der Waals surface area (Å²) in [6, 6.07) is -0.225. The Morgan fingerprint density at radius 1 is 1.33 bits per heavy atom. The fraction of sp³-hybridized carbons (Fsp3) is 0.800. The molecule has 1 N–H and O–H groups in total. The number of likely N-dealkylation sites (N-methyl/N-ethyl adjacent to an activating group) is 1. The lowest BCUT2D eigenvalue weighted by Gasteiger charge is -2.23. The van der Waals surface area contributed by atoms with E-state index in [4.69, 9.17) is 5.11 Å². The molecule has 5 nitrogen and oxygen atoms in total. The summed E-state index contributed by atoms with van der Waals surface area (Å²) < 4.78 is 0. The number of hydrogen-bond acceptors (Lipinski definition) is 2. The average Bonchev–Trinajstić information content (AvgIpc) is 2.79. The van der Waals surface area contributed by atoms with Gasteiger partial charge in [-0.1, -0.05) is 6.92 Å². The van der Waals surface area contributed by atoms with Crippen molar-refractivity contribution in [1.29, 1.82) is 0 Å². The third-order valence-electron chi connectivity index (χ3n) is 2.81. The van der Waals surface area contributed by atoms with Crippen LogP contribution in [0.4, 0.5) is 4.79 Å². The highest BCUT2D eigenvalue weighted by Gasteiger charge is 2.34. The van der Waals surface area contributed by atoms with Crippen LogP contribution in [0.3, 0.4) is 0 Å². The van der Waals surface area contributed by atoms with Crippen LogP contribution in [0, 0.1) is 11.8 Å². The lowest BCUT2D eigenvalue weighted by atomic mass is 10.3.